The second-order valence-electron chi connectivity index (χ2n) is 10.8. The molecule has 2 aromatic rings. The Morgan fingerprint density at radius 1 is 0.886 bits per heavy atom. The van der Waals surface area contributed by atoms with Crippen LogP contribution >= 0.6 is 0 Å². The molecule has 2 rings (SSSR count). The molecule has 0 aliphatic heterocycles. The van der Waals surface area contributed by atoms with Gasteiger partial charge in [-0.1, -0.05) is 56.3 Å². The molecule has 2 amide bonds. The summed E-state index contributed by atoms with van der Waals surface area (Å²) in [5, 5.41) is 9.26. The summed E-state index contributed by atoms with van der Waals surface area (Å²) in [6, 6.07) is 18.0. The minimum absolute atomic E-state index is 0.0799. The van der Waals surface area contributed by atoms with E-state index < -0.39 is 11.1 Å². The molecule has 0 aliphatic rings. The third-order valence-corrected chi connectivity index (χ3v) is 5.79. The predicted molar refractivity (Wildman–Crippen MR) is 142 cm³/mol. The van der Waals surface area contributed by atoms with Crippen molar-refractivity contribution in [2.75, 3.05) is 13.1 Å². The van der Waals surface area contributed by atoms with Crippen molar-refractivity contribution < 1.29 is 14.3 Å². The van der Waals surface area contributed by atoms with Crippen molar-refractivity contribution in [1.82, 2.24) is 16.0 Å². The van der Waals surface area contributed by atoms with Crippen LogP contribution in [0.2, 0.25) is 0 Å². The molecule has 0 saturated heterocycles. The first-order valence-corrected chi connectivity index (χ1v) is 12.6. The summed E-state index contributed by atoms with van der Waals surface area (Å²) < 4.78 is 5.85. The van der Waals surface area contributed by atoms with Crippen LogP contribution in [-0.2, 0) is 22.6 Å². The summed E-state index contributed by atoms with van der Waals surface area (Å²) in [4.78, 5) is 25.0. The van der Waals surface area contributed by atoms with E-state index in [9.17, 15) is 9.59 Å². The standard InChI is InChI=1S/C29H43N3O3/c1-22(2)16-19-31-29(5,6)27(34)30-18-17-26(33)32-28(3,4)20-23-12-14-25(15-13-23)35-21-24-10-8-7-9-11-24/h7-15,22,31H,16-21H2,1-6H3,(H,30,34)(H,32,33). The summed E-state index contributed by atoms with van der Waals surface area (Å²) in [6.07, 6.45) is 1.94. The maximum Gasteiger partial charge on any atom is 0.239 e. The van der Waals surface area contributed by atoms with Crippen molar-refractivity contribution in [1.29, 1.82) is 0 Å². The lowest BCUT2D eigenvalue weighted by Crippen LogP contribution is -2.53. The van der Waals surface area contributed by atoms with Gasteiger partial charge in [0.1, 0.15) is 12.4 Å². The van der Waals surface area contributed by atoms with Gasteiger partial charge in [-0.25, -0.2) is 0 Å². The van der Waals surface area contributed by atoms with E-state index in [1.54, 1.807) is 0 Å². The average molecular weight is 482 g/mol. The summed E-state index contributed by atoms with van der Waals surface area (Å²) >= 11 is 0. The van der Waals surface area contributed by atoms with Gasteiger partial charge in [0.15, 0.2) is 0 Å². The molecule has 0 radical (unpaired) electrons. The highest BCUT2D eigenvalue weighted by molar-refractivity contribution is 5.86. The molecule has 192 valence electrons. The molecule has 6 heteroatoms. The number of hydrogen-bond donors (Lipinski definition) is 3. The number of carbonyl (C=O) groups is 2. The molecule has 3 N–H and O–H groups in total. The fourth-order valence-corrected chi connectivity index (χ4v) is 3.70. The van der Waals surface area contributed by atoms with Gasteiger partial charge in [-0.3, -0.25) is 9.59 Å². The Kier molecular flexibility index (Phi) is 10.8. The lowest BCUT2D eigenvalue weighted by atomic mass is 9.94. The number of hydrogen-bond acceptors (Lipinski definition) is 4. The second-order valence-corrected chi connectivity index (χ2v) is 10.8. The van der Waals surface area contributed by atoms with E-state index >= 15 is 0 Å². The summed E-state index contributed by atoms with van der Waals surface area (Å²) in [5.74, 6) is 1.22. The zero-order valence-electron chi connectivity index (χ0n) is 22.2. The van der Waals surface area contributed by atoms with Crippen molar-refractivity contribution in [3.8, 4) is 5.75 Å². The maximum absolute atomic E-state index is 12.5. The van der Waals surface area contributed by atoms with Gasteiger partial charge in [-0.15, -0.1) is 0 Å². The Hall–Kier alpha value is -2.86. The fraction of sp³-hybridized carbons (Fsp3) is 0.517. The molecule has 0 fully saturated rings. The fourth-order valence-electron chi connectivity index (χ4n) is 3.70. The predicted octanol–water partition coefficient (Wildman–Crippen LogP) is 4.62. The first-order valence-electron chi connectivity index (χ1n) is 12.6. The molecule has 0 saturated carbocycles. The van der Waals surface area contributed by atoms with E-state index in [1.165, 1.54) is 0 Å². The highest BCUT2D eigenvalue weighted by atomic mass is 16.5. The SMILES string of the molecule is CC(C)CCNC(C)(C)C(=O)NCCC(=O)NC(C)(C)Cc1ccc(OCc2ccccc2)cc1. The van der Waals surface area contributed by atoms with Crippen LogP contribution in [0.3, 0.4) is 0 Å². The molecule has 0 unspecified atom stereocenters. The van der Waals surface area contributed by atoms with E-state index in [1.807, 2.05) is 82.3 Å². The van der Waals surface area contributed by atoms with E-state index in [0.717, 1.165) is 29.8 Å². The van der Waals surface area contributed by atoms with E-state index in [2.05, 4.69) is 29.8 Å². The van der Waals surface area contributed by atoms with Gasteiger partial charge in [0.25, 0.3) is 0 Å². The quantitative estimate of drug-likeness (QED) is 0.368. The van der Waals surface area contributed by atoms with Crippen molar-refractivity contribution in [3.05, 3.63) is 65.7 Å². The first kappa shape index (κ1) is 28.4. The summed E-state index contributed by atoms with van der Waals surface area (Å²) in [7, 11) is 0. The van der Waals surface area contributed by atoms with Crippen molar-refractivity contribution >= 4 is 11.8 Å². The van der Waals surface area contributed by atoms with Gasteiger partial charge >= 0.3 is 0 Å². The van der Waals surface area contributed by atoms with Crippen LogP contribution in [0.25, 0.3) is 0 Å². The van der Waals surface area contributed by atoms with Crippen LogP contribution in [0.5, 0.6) is 5.75 Å². The highest BCUT2D eigenvalue weighted by Gasteiger charge is 2.27. The van der Waals surface area contributed by atoms with Crippen LogP contribution in [-0.4, -0.2) is 36.0 Å². The smallest absolute Gasteiger partial charge is 0.239 e. The Labute approximate surface area is 211 Å². The van der Waals surface area contributed by atoms with E-state index in [4.69, 9.17) is 4.74 Å². The monoisotopic (exact) mass is 481 g/mol. The van der Waals surface area contributed by atoms with Gasteiger partial charge < -0.3 is 20.7 Å². The van der Waals surface area contributed by atoms with Gasteiger partial charge in [0.2, 0.25) is 11.8 Å². The summed E-state index contributed by atoms with van der Waals surface area (Å²) in [6.45, 7) is 13.7. The molecule has 0 atom stereocenters. The molecule has 6 nitrogen and oxygen atoms in total. The molecule has 0 spiro atoms. The Balaban J connectivity index is 1.73. The number of rotatable bonds is 14. The molecule has 0 bridgehead atoms. The topological polar surface area (TPSA) is 79.5 Å². The van der Waals surface area contributed by atoms with Crippen LogP contribution in [0.1, 0.15) is 65.5 Å². The number of ether oxygens (including phenoxy) is 1. The third kappa shape index (κ3) is 11.0. The lowest BCUT2D eigenvalue weighted by molar-refractivity contribution is -0.126. The molecule has 2 aromatic carbocycles. The normalized spacial score (nSPS) is 11.9. The number of carbonyl (C=O) groups excluding carboxylic acids is 2. The molecule has 35 heavy (non-hydrogen) atoms. The van der Waals surface area contributed by atoms with Gasteiger partial charge in [0, 0.05) is 18.5 Å². The molecular formula is C29H43N3O3. The molecule has 0 heterocycles. The number of amides is 2. The zero-order valence-corrected chi connectivity index (χ0v) is 22.2. The van der Waals surface area contributed by atoms with Crippen LogP contribution < -0.4 is 20.7 Å². The van der Waals surface area contributed by atoms with Gasteiger partial charge in [0.05, 0.1) is 5.54 Å². The van der Waals surface area contributed by atoms with Crippen LogP contribution in [0, 0.1) is 5.92 Å². The maximum atomic E-state index is 12.5. The number of nitrogens with one attached hydrogen (secondary N) is 3. The Morgan fingerprint density at radius 3 is 2.17 bits per heavy atom. The van der Waals surface area contributed by atoms with Gasteiger partial charge in [-0.05, 0) is 76.3 Å². The molecular weight excluding hydrogens is 438 g/mol. The van der Waals surface area contributed by atoms with Crippen molar-refractivity contribution in [3.63, 3.8) is 0 Å². The molecule has 0 aromatic heterocycles. The minimum atomic E-state index is -0.665. The van der Waals surface area contributed by atoms with Crippen LogP contribution in [0.15, 0.2) is 54.6 Å². The van der Waals surface area contributed by atoms with Crippen molar-refractivity contribution in [2.24, 2.45) is 5.92 Å². The molecule has 0 aliphatic carbocycles. The minimum Gasteiger partial charge on any atom is -0.489 e. The first-order chi connectivity index (χ1) is 16.5. The Morgan fingerprint density at radius 2 is 1.54 bits per heavy atom. The van der Waals surface area contributed by atoms with Crippen LogP contribution in [0.4, 0.5) is 0 Å². The highest BCUT2D eigenvalue weighted by Crippen LogP contribution is 2.18. The van der Waals surface area contributed by atoms with Crippen molar-refractivity contribution in [2.45, 2.75) is 78.5 Å². The largest absolute Gasteiger partial charge is 0.489 e. The second kappa shape index (κ2) is 13.3. The lowest BCUT2D eigenvalue weighted by Gasteiger charge is -2.27. The van der Waals surface area contributed by atoms with Gasteiger partial charge in [-0.2, -0.15) is 0 Å². The average Bonchev–Trinajstić information content (AvgIpc) is 2.78. The van der Waals surface area contributed by atoms with E-state index in [-0.39, 0.29) is 18.2 Å². The third-order valence-electron chi connectivity index (χ3n) is 5.79. The van der Waals surface area contributed by atoms with E-state index in [0.29, 0.717) is 25.5 Å². The summed E-state index contributed by atoms with van der Waals surface area (Å²) in [5.41, 5.74) is 1.17. The number of benzene rings is 2. The zero-order chi connectivity index (χ0) is 25.9. The Bertz CT molecular complexity index is 922.